The summed E-state index contributed by atoms with van der Waals surface area (Å²) in [6, 6.07) is 12.0. The minimum atomic E-state index is -0.464. The van der Waals surface area contributed by atoms with Gasteiger partial charge in [-0.2, -0.15) is 4.98 Å². The van der Waals surface area contributed by atoms with E-state index < -0.39 is 5.41 Å². The van der Waals surface area contributed by atoms with E-state index in [1.807, 2.05) is 42.6 Å². The Morgan fingerprint density at radius 1 is 0.933 bits per heavy atom. The quantitative estimate of drug-likeness (QED) is 0.386. The van der Waals surface area contributed by atoms with E-state index >= 15 is 0 Å². The molecule has 0 saturated carbocycles. The zero-order chi connectivity index (χ0) is 21.3. The van der Waals surface area contributed by atoms with Gasteiger partial charge in [-0.1, -0.05) is 25.1 Å². The van der Waals surface area contributed by atoms with Crippen molar-refractivity contribution in [3.8, 4) is 22.7 Å². The molecule has 0 aliphatic carbocycles. The van der Waals surface area contributed by atoms with Gasteiger partial charge in [-0.05, 0) is 71.3 Å². The molecule has 3 heterocycles. The van der Waals surface area contributed by atoms with Crippen LogP contribution in [0.5, 0.6) is 0 Å². The van der Waals surface area contributed by atoms with Gasteiger partial charge in [-0.25, -0.2) is 9.97 Å². The molecule has 152 valence electrons. The van der Waals surface area contributed by atoms with Crippen LogP contribution >= 0.6 is 22.6 Å². The minimum Gasteiger partial charge on any atom is -0.368 e. The van der Waals surface area contributed by atoms with Gasteiger partial charge in [0.25, 0.3) is 5.89 Å². The second kappa shape index (κ2) is 8.10. The number of nitrogen functional groups attached to an aromatic ring is 1. The number of aromatic nitrogens is 5. The van der Waals surface area contributed by atoms with Gasteiger partial charge in [0, 0.05) is 33.3 Å². The number of nitrogens with two attached hydrogens (primary N) is 1. The summed E-state index contributed by atoms with van der Waals surface area (Å²) < 4.78 is 6.75. The molecule has 0 bridgehead atoms. The predicted molar refractivity (Wildman–Crippen MR) is 123 cm³/mol. The Kier molecular flexibility index (Phi) is 5.50. The van der Waals surface area contributed by atoms with Crippen molar-refractivity contribution < 1.29 is 4.52 Å². The Morgan fingerprint density at radius 3 is 2.23 bits per heavy atom. The van der Waals surface area contributed by atoms with Crippen LogP contribution in [0.15, 0.2) is 59.5 Å². The van der Waals surface area contributed by atoms with Gasteiger partial charge in [-0.15, -0.1) is 0 Å². The summed E-state index contributed by atoms with van der Waals surface area (Å²) in [5.41, 5.74) is 8.60. The largest absolute Gasteiger partial charge is 0.368 e. The summed E-state index contributed by atoms with van der Waals surface area (Å²) in [6.45, 7) is 6.40. The lowest BCUT2D eigenvalue weighted by atomic mass is 9.73. The molecule has 1 aromatic carbocycles. The van der Waals surface area contributed by atoms with E-state index in [1.54, 1.807) is 12.4 Å². The molecule has 0 aliphatic heterocycles. The van der Waals surface area contributed by atoms with E-state index in [2.05, 4.69) is 63.5 Å². The van der Waals surface area contributed by atoms with Crippen LogP contribution < -0.4 is 5.73 Å². The van der Waals surface area contributed by atoms with E-state index in [-0.39, 0.29) is 11.9 Å². The summed E-state index contributed by atoms with van der Waals surface area (Å²) >= 11 is 2.27. The first-order valence-electron chi connectivity index (χ1n) is 9.52. The number of halogens is 1. The van der Waals surface area contributed by atoms with Crippen LogP contribution in [-0.4, -0.2) is 25.1 Å². The van der Waals surface area contributed by atoms with Gasteiger partial charge in [0.05, 0.1) is 11.1 Å². The second-order valence-corrected chi connectivity index (χ2v) is 8.79. The first kappa shape index (κ1) is 20.4. The van der Waals surface area contributed by atoms with Crippen molar-refractivity contribution in [2.75, 3.05) is 5.73 Å². The van der Waals surface area contributed by atoms with Crippen molar-refractivity contribution in [2.24, 2.45) is 5.92 Å². The molecule has 3 aromatic heterocycles. The third-order valence-electron chi connectivity index (χ3n) is 5.47. The predicted octanol–water partition coefficient (Wildman–Crippen LogP) is 4.74. The number of hydrogen-bond acceptors (Lipinski definition) is 7. The van der Waals surface area contributed by atoms with Gasteiger partial charge < -0.3 is 10.3 Å². The monoisotopic (exact) mass is 512 g/mol. The molecule has 0 amide bonds. The van der Waals surface area contributed by atoms with Crippen molar-refractivity contribution in [3.05, 3.63) is 69.9 Å². The molecule has 0 radical (unpaired) electrons. The first-order chi connectivity index (χ1) is 14.4. The molecule has 4 rings (SSSR count). The average Bonchev–Trinajstić information content (AvgIpc) is 3.25. The smallest absolute Gasteiger partial charge is 0.257 e. The summed E-state index contributed by atoms with van der Waals surface area (Å²) in [5.74, 6) is 1.60. The normalized spacial score (nSPS) is 13.4. The number of rotatable bonds is 5. The highest BCUT2D eigenvalue weighted by atomic mass is 127. The number of anilines is 1. The van der Waals surface area contributed by atoms with E-state index in [4.69, 9.17) is 15.2 Å². The maximum Gasteiger partial charge on any atom is 0.257 e. The number of hydrogen-bond donors (Lipinski definition) is 1. The standard InChI is InChI=1S/C22H21IN6O/c1-13(2)22(3,20-28-19(30-29-20)14-4-7-17(23)8-5-14)16-6-9-18(25-12-16)15-10-26-21(24)27-11-15/h4-13H,1-3H3,(H2,24,26,27). The molecule has 1 atom stereocenters. The number of benzene rings is 1. The molecule has 4 aromatic rings. The highest BCUT2D eigenvalue weighted by molar-refractivity contribution is 14.1. The molecule has 0 aliphatic rings. The van der Waals surface area contributed by atoms with E-state index in [0.29, 0.717) is 11.7 Å². The molecular weight excluding hydrogens is 491 g/mol. The lowest BCUT2D eigenvalue weighted by Crippen LogP contribution is -2.31. The Balaban J connectivity index is 1.69. The average molecular weight is 512 g/mol. The highest BCUT2D eigenvalue weighted by Crippen LogP contribution is 2.38. The first-order valence-corrected chi connectivity index (χ1v) is 10.6. The molecule has 0 fully saturated rings. The number of pyridine rings is 1. The second-order valence-electron chi connectivity index (χ2n) is 7.55. The van der Waals surface area contributed by atoms with Gasteiger partial charge in [0.1, 0.15) is 0 Å². The van der Waals surface area contributed by atoms with E-state index in [1.165, 1.54) is 0 Å². The van der Waals surface area contributed by atoms with Crippen LogP contribution in [0.3, 0.4) is 0 Å². The van der Waals surface area contributed by atoms with Crippen LogP contribution in [0.4, 0.5) is 5.95 Å². The van der Waals surface area contributed by atoms with Crippen molar-refractivity contribution in [1.29, 1.82) is 0 Å². The molecule has 1 unspecified atom stereocenters. The zero-order valence-corrected chi connectivity index (χ0v) is 19.0. The fourth-order valence-electron chi connectivity index (χ4n) is 3.21. The minimum absolute atomic E-state index is 0.215. The molecule has 8 heteroatoms. The summed E-state index contributed by atoms with van der Waals surface area (Å²) in [5, 5.41) is 4.33. The third-order valence-corrected chi connectivity index (χ3v) is 6.19. The van der Waals surface area contributed by atoms with Gasteiger partial charge in [0.15, 0.2) is 5.82 Å². The van der Waals surface area contributed by atoms with Crippen molar-refractivity contribution >= 4 is 28.5 Å². The van der Waals surface area contributed by atoms with Crippen molar-refractivity contribution in [2.45, 2.75) is 26.2 Å². The van der Waals surface area contributed by atoms with Crippen molar-refractivity contribution in [3.63, 3.8) is 0 Å². The van der Waals surface area contributed by atoms with E-state index in [9.17, 15) is 0 Å². The highest BCUT2D eigenvalue weighted by Gasteiger charge is 2.38. The summed E-state index contributed by atoms with van der Waals surface area (Å²) in [7, 11) is 0. The van der Waals surface area contributed by atoms with Gasteiger partial charge in [0.2, 0.25) is 5.95 Å². The van der Waals surface area contributed by atoms with Crippen LogP contribution in [-0.2, 0) is 5.41 Å². The van der Waals surface area contributed by atoms with Gasteiger partial charge >= 0.3 is 0 Å². The maximum absolute atomic E-state index is 5.60. The summed E-state index contributed by atoms with van der Waals surface area (Å²) in [6.07, 6.45) is 5.18. The van der Waals surface area contributed by atoms with Crippen LogP contribution in [0.25, 0.3) is 22.7 Å². The Hall–Kier alpha value is -2.88. The lowest BCUT2D eigenvalue weighted by Gasteiger charge is -2.30. The summed E-state index contributed by atoms with van der Waals surface area (Å²) in [4.78, 5) is 17.4. The number of nitrogens with zero attached hydrogens (tertiary/aromatic N) is 5. The molecule has 0 saturated heterocycles. The molecule has 30 heavy (non-hydrogen) atoms. The van der Waals surface area contributed by atoms with Crippen LogP contribution in [0, 0.1) is 9.49 Å². The van der Waals surface area contributed by atoms with Gasteiger partial charge in [-0.3, -0.25) is 4.98 Å². The van der Waals surface area contributed by atoms with Crippen LogP contribution in [0.1, 0.15) is 32.2 Å². The fourth-order valence-corrected chi connectivity index (χ4v) is 3.57. The maximum atomic E-state index is 5.60. The fraction of sp³-hybridized carbons (Fsp3) is 0.227. The Labute approximate surface area is 188 Å². The van der Waals surface area contributed by atoms with E-state index in [0.717, 1.165) is 26.0 Å². The molecule has 0 spiro atoms. The third kappa shape index (κ3) is 3.79. The Bertz CT molecular complexity index is 1140. The zero-order valence-electron chi connectivity index (χ0n) is 16.9. The topological polar surface area (TPSA) is 104 Å². The molecular formula is C22H21IN6O. The van der Waals surface area contributed by atoms with Crippen molar-refractivity contribution in [1.82, 2.24) is 25.1 Å². The SMILES string of the molecule is CC(C)C(C)(c1ccc(-c2cnc(N)nc2)nc1)c1noc(-c2ccc(I)cc2)n1. The Morgan fingerprint density at radius 2 is 1.63 bits per heavy atom. The lowest BCUT2D eigenvalue weighted by molar-refractivity contribution is 0.350. The molecule has 2 N–H and O–H groups in total. The van der Waals surface area contributed by atoms with Crippen LogP contribution in [0.2, 0.25) is 0 Å². The molecule has 7 nitrogen and oxygen atoms in total.